The van der Waals surface area contributed by atoms with Gasteiger partial charge in [0.25, 0.3) is 0 Å². The van der Waals surface area contributed by atoms with E-state index in [1.54, 1.807) is 0 Å². The molecule has 1 fully saturated rings. The standard InChI is InChI=1S/C18H28N2O.ClH/c1-3-15(16-9-7-14(2)8-10-16)12-18(21)20-11-5-4-6-17(20)13-19;/h7-10,15,17H,3-6,11-13,19H2,1-2H3;1H. The van der Waals surface area contributed by atoms with Crippen LogP contribution in [0.4, 0.5) is 0 Å². The highest BCUT2D eigenvalue weighted by Gasteiger charge is 2.27. The number of benzene rings is 1. The van der Waals surface area contributed by atoms with Crippen molar-refractivity contribution in [2.45, 2.75) is 57.9 Å². The number of carbonyl (C=O) groups excluding carboxylic acids is 1. The fraction of sp³-hybridized carbons (Fsp3) is 0.611. The van der Waals surface area contributed by atoms with E-state index in [4.69, 9.17) is 5.73 Å². The number of hydrogen-bond acceptors (Lipinski definition) is 2. The van der Waals surface area contributed by atoms with Gasteiger partial charge in [-0.2, -0.15) is 0 Å². The van der Waals surface area contributed by atoms with Crippen LogP contribution in [-0.4, -0.2) is 29.9 Å². The lowest BCUT2D eigenvalue weighted by atomic mass is 9.91. The van der Waals surface area contributed by atoms with E-state index >= 15 is 0 Å². The highest BCUT2D eigenvalue weighted by Crippen LogP contribution is 2.26. The highest BCUT2D eigenvalue weighted by molar-refractivity contribution is 5.85. The van der Waals surface area contributed by atoms with Crippen LogP contribution in [0.5, 0.6) is 0 Å². The summed E-state index contributed by atoms with van der Waals surface area (Å²) in [6.07, 6.45) is 4.97. The minimum absolute atomic E-state index is 0. The molecule has 0 aromatic heterocycles. The Hall–Kier alpha value is -1.06. The van der Waals surface area contributed by atoms with Crippen molar-refractivity contribution in [2.75, 3.05) is 13.1 Å². The quantitative estimate of drug-likeness (QED) is 0.898. The molecule has 1 amide bonds. The molecular weight excluding hydrogens is 296 g/mol. The zero-order valence-corrected chi connectivity index (χ0v) is 14.6. The predicted octanol–water partition coefficient (Wildman–Crippen LogP) is 3.64. The molecule has 1 saturated heterocycles. The van der Waals surface area contributed by atoms with E-state index in [1.165, 1.54) is 17.5 Å². The van der Waals surface area contributed by atoms with E-state index in [2.05, 4.69) is 38.1 Å². The van der Waals surface area contributed by atoms with Gasteiger partial charge in [0.1, 0.15) is 0 Å². The lowest BCUT2D eigenvalue weighted by Gasteiger charge is -2.36. The first-order valence-electron chi connectivity index (χ1n) is 8.21. The third-order valence-electron chi connectivity index (χ3n) is 4.68. The number of piperidine rings is 1. The predicted molar refractivity (Wildman–Crippen MR) is 94.5 cm³/mol. The van der Waals surface area contributed by atoms with Crippen LogP contribution in [0.2, 0.25) is 0 Å². The number of halogens is 1. The van der Waals surface area contributed by atoms with Gasteiger partial charge >= 0.3 is 0 Å². The second kappa shape index (κ2) is 9.16. The molecule has 1 aromatic carbocycles. The Morgan fingerprint density at radius 2 is 2.00 bits per heavy atom. The number of carbonyl (C=O) groups is 1. The van der Waals surface area contributed by atoms with Crippen molar-refractivity contribution in [3.05, 3.63) is 35.4 Å². The number of nitrogens with two attached hydrogens (primary N) is 1. The Labute approximate surface area is 140 Å². The van der Waals surface area contributed by atoms with Crippen LogP contribution in [0.15, 0.2) is 24.3 Å². The molecule has 1 aromatic rings. The molecule has 3 nitrogen and oxygen atoms in total. The Balaban J connectivity index is 0.00000242. The van der Waals surface area contributed by atoms with Crippen molar-refractivity contribution in [3.8, 4) is 0 Å². The van der Waals surface area contributed by atoms with Crippen molar-refractivity contribution >= 4 is 18.3 Å². The van der Waals surface area contributed by atoms with Gasteiger partial charge in [-0.05, 0) is 44.1 Å². The van der Waals surface area contributed by atoms with Crippen LogP contribution in [0.3, 0.4) is 0 Å². The number of nitrogens with zero attached hydrogens (tertiary/aromatic N) is 1. The molecule has 0 radical (unpaired) electrons. The summed E-state index contributed by atoms with van der Waals surface area (Å²) in [5.41, 5.74) is 8.37. The van der Waals surface area contributed by atoms with E-state index in [-0.39, 0.29) is 24.4 Å². The average Bonchev–Trinajstić information content (AvgIpc) is 2.53. The van der Waals surface area contributed by atoms with Crippen LogP contribution < -0.4 is 5.73 Å². The van der Waals surface area contributed by atoms with Gasteiger partial charge in [-0.15, -0.1) is 12.4 Å². The number of aryl methyl sites for hydroxylation is 1. The molecule has 1 aliphatic rings. The maximum absolute atomic E-state index is 12.6. The van der Waals surface area contributed by atoms with Gasteiger partial charge in [-0.1, -0.05) is 36.8 Å². The van der Waals surface area contributed by atoms with Gasteiger partial charge in [0, 0.05) is 25.6 Å². The summed E-state index contributed by atoms with van der Waals surface area (Å²) >= 11 is 0. The second-order valence-electron chi connectivity index (χ2n) is 6.19. The molecule has 0 bridgehead atoms. The van der Waals surface area contributed by atoms with Crippen molar-refractivity contribution in [1.29, 1.82) is 0 Å². The molecular formula is C18H29ClN2O. The van der Waals surface area contributed by atoms with Crippen molar-refractivity contribution < 1.29 is 4.79 Å². The average molecular weight is 325 g/mol. The molecule has 2 atom stereocenters. The molecule has 0 saturated carbocycles. The lowest BCUT2D eigenvalue weighted by Crippen LogP contribution is -2.47. The van der Waals surface area contributed by atoms with Crippen molar-refractivity contribution in [3.63, 3.8) is 0 Å². The zero-order chi connectivity index (χ0) is 15.2. The smallest absolute Gasteiger partial charge is 0.223 e. The van der Waals surface area contributed by atoms with E-state index in [0.29, 0.717) is 18.9 Å². The molecule has 0 spiro atoms. The van der Waals surface area contributed by atoms with E-state index in [9.17, 15) is 4.79 Å². The first-order chi connectivity index (χ1) is 10.2. The Morgan fingerprint density at radius 1 is 1.32 bits per heavy atom. The fourth-order valence-electron chi connectivity index (χ4n) is 3.24. The van der Waals surface area contributed by atoms with Gasteiger partial charge in [-0.25, -0.2) is 0 Å². The number of rotatable bonds is 5. The van der Waals surface area contributed by atoms with Crippen LogP contribution in [0.25, 0.3) is 0 Å². The fourth-order valence-corrected chi connectivity index (χ4v) is 3.24. The monoisotopic (exact) mass is 324 g/mol. The molecule has 124 valence electrons. The maximum atomic E-state index is 12.6. The summed E-state index contributed by atoms with van der Waals surface area (Å²) < 4.78 is 0. The first kappa shape index (κ1) is 19.0. The first-order valence-corrected chi connectivity index (χ1v) is 8.21. The molecule has 2 rings (SSSR count). The van der Waals surface area contributed by atoms with Gasteiger partial charge in [0.2, 0.25) is 5.91 Å². The molecule has 2 N–H and O–H groups in total. The normalized spacial score (nSPS) is 19.4. The molecule has 0 aliphatic carbocycles. The van der Waals surface area contributed by atoms with Gasteiger partial charge in [0.15, 0.2) is 0 Å². The molecule has 1 aliphatic heterocycles. The minimum Gasteiger partial charge on any atom is -0.338 e. The second-order valence-corrected chi connectivity index (χ2v) is 6.19. The molecule has 4 heteroatoms. The van der Waals surface area contributed by atoms with Gasteiger partial charge in [-0.3, -0.25) is 4.79 Å². The van der Waals surface area contributed by atoms with E-state index in [1.807, 2.05) is 4.90 Å². The number of hydrogen-bond donors (Lipinski definition) is 1. The highest BCUT2D eigenvalue weighted by atomic mass is 35.5. The summed E-state index contributed by atoms with van der Waals surface area (Å²) in [6, 6.07) is 8.83. The van der Waals surface area contributed by atoms with Crippen LogP contribution in [-0.2, 0) is 4.79 Å². The third-order valence-corrected chi connectivity index (χ3v) is 4.68. The lowest BCUT2D eigenvalue weighted by molar-refractivity contribution is -0.135. The Kier molecular flexibility index (Phi) is 7.91. The topological polar surface area (TPSA) is 46.3 Å². The summed E-state index contributed by atoms with van der Waals surface area (Å²) in [4.78, 5) is 14.7. The van der Waals surface area contributed by atoms with Gasteiger partial charge in [0.05, 0.1) is 0 Å². The summed E-state index contributed by atoms with van der Waals surface area (Å²) in [5.74, 6) is 0.594. The Morgan fingerprint density at radius 3 is 2.59 bits per heavy atom. The zero-order valence-electron chi connectivity index (χ0n) is 13.8. The SMILES string of the molecule is CCC(CC(=O)N1CCCCC1CN)c1ccc(C)cc1.Cl. The molecule has 2 unspecified atom stereocenters. The molecule has 1 heterocycles. The van der Waals surface area contributed by atoms with Crippen molar-refractivity contribution in [1.82, 2.24) is 4.90 Å². The summed E-state index contributed by atoms with van der Waals surface area (Å²) in [7, 11) is 0. The summed E-state index contributed by atoms with van der Waals surface area (Å²) in [6.45, 7) is 5.72. The van der Waals surface area contributed by atoms with Crippen LogP contribution >= 0.6 is 12.4 Å². The van der Waals surface area contributed by atoms with E-state index in [0.717, 1.165) is 25.8 Å². The number of amides is 1. The third kappa shape index (κ3) is 4.72. The minimum atomic E-state index is 0. The number of likely N-dealkylation sites (tertiary alicyclic amines) is 1. The van der Waals surface area contributed by atoms with Crippen LogP contribution in [0.1, 0.15) is 56.1 Å². The summed E-state index contributed by atoms with van der Waals surface area (Å²) in [5, 5.41) is 0. The Bertz CT molecular complexity index is 461. The van der Waals surface area contributed by atoms with Gasteiger partial charge < -0.3 is 10.6 Å². The maximum Gasteiger partial charge on any atom is 0.223 e. The van der Waals surface area contributed by atoms with Crippen molar-refractivity contribution in [2.24, 2.45) is 5.73 Å². The largest absolute Gasteiger partial charge is 0.338 e. The molecule has 22 heavy (non-hydrogen) atoms. The van der Waals surface area contributed by atoms with Crippen LogP contribution in [0, 0.1) is 6.92 Å². The van der Waals surface area contributed by atoms with E-state index < -0.39 is 0 Å².